The molecule has 0 saturated heterocycles. The first-order valence-corrected chi connectivity index (χ1v) is 12.4. The van der Waals surface area contributed by atoms with E-state index in [1.807, 2.05) is 32.9 Å². The van der Waals surface area contributed by atoms with Crippen molar-refractivity contribution in [1.29, 1.82) is 0 Å². The zero-order valence-corrected chi connectivity index (χ0v) is 22.1. The number of allylic oxidation sites excluding steroid dienone is 2. The van der Waals surface area contributed by atoms with Gasteiger partial charge in [-0.05, 0) is 76.8 Å². The Labute approximate surface area is 212 Å². The third kappa shape index (κ3) is 7.73. The number of carbonyl (C=O) groups is 3. The molecule has 0 unspecified atom stereocenters. The molecule has 0 saturated carbocycles. The number of esters is 2. The predicted molar refractivity (Wildman–Crippen MR) is 139 cm³/mol. The van der Waals surface area contributed by atoms with Crippen molar-refractivity contribution in [2.24, 2.45) is 0 Å². The molecule has 0 spiro atoms. The molecule has 0 N–H and O–H groups in total. The Balaban J connectivity index is 2.44. The van der Waals surface area contributed by atoms with Gasteiger partial charge < -0.3 is 23.5 Å². The molecule has 2 rings (SSSR count). The molecule has 1 amide bonds. The first-order chi connectivity index (χ1) is 17.2. The van der Waals surface area contributed by atoms with Crippen LogP contribution in [0.1, 0.15) is 65.7 Å². The molecule has 0 bridgehead atoms. The van der Waals surface area contributed by atoms with Crippen molar-refractivity contribution >= 4 is 40.0 Å². The highest BCUT2D eigenvalue weighted by Crippen LogP contribution is 2.36. The van der Waals surface area contributed by atoms with Crippen LogP contribution in [0.3, 0.4) is 0 Å². The molecule has 196 valence electrons. The molecular weight excluding hydrogens is 462 g/mol. The lowest BCUT2D eigenvalue weighted by Crippen LogP contribution is -2.28. The summed E-state index contributed by atoms with van der Waals surface area (Å²) in [6.45, 7) is 13.2. The highest BCUT2D eigenvalue weighted by Gasteiger charge is 2.17. The highest BCUT2D eigenvalue weighted by atomic mass is 16.5. The molecule has 1 aromatic carbocycles. The topological polar surface area (TPSA) is 95.3 Å². The summed E-state index contributed by atoms with van der Waals surface area (Å²) in [7, 11) is 0. The zero-order valence-electron chi connectivity index (χ0n) is 22.1. The maximum Gasteiger partial charge on any atom is 0.331 e. The normalized spacial score (nSPS) is 11.9. The van der Waals surface area contributed by atoms with E-state index in [-0.39, 0.29) is 24.9 Å². The lowest BCUT2D eigenvalue weighted by Gasteiger charge is -2.17. The first-order valence-electron chi connectivity index (χ1n) is 12.4. The Morgan fingerprint density at radius 1 is 0.944 bits per heavy atom. The summed E-state index contributed by atoms with van der Waals surface area (Å²) in [4.78, 5) is 38.0. The molecular formula is C28H37NO7. The number of furan rings is 1. The van der Waals surface area contributed by atoms with Gasteiger partial charge in [-0.1, -0.05) is 6.07 Å². The number of likely N-dealkylation sites (N-methyl/N-ethyl adjacent to an activating group) is 1. The van der Waals surface area contributed by atoms with Crippen molar-refractivity contribution in [1.82, 2.24) is 4.90 Å². The molecule has 0 aliphatic carbocycles. The number of nitrogens with zero attached hydrogens (tertiary/aromatic N) is 1. The number of carbonyl (C=O) groups excluding carboxylic acids is 3. The van der Waals surface area contributed by atoms with Gasteiger partial charge in [0.2, 0.25) is 5.91 Å². The number of fused-ring (bicyclic) bond motifs is 1. The fourth-order valence-electron chi connectivity index (χ4n) is 3.70. The molecule has 8 heteroatoms. The van der Waals surface area contributed by atoms with Gasteiger partial charge in [-0.2, -0.15) is 0 Å². The van der Waals surface area contributed by atoms with Crippen LogP contribution in [0.4, 0.5) is 0 Å². The van der Waals surface area contributed by atoms with E-state index in [1.54, 1.807) is 37.8 Å². The van der Waals surface area contributed by atoms with Crippen molar-refractivity contribution in [2.45, 2.75) is 54.4 Å². The maximum atomic E-state index is 12.7. The molecule has 0 aliphatic heterocycles. The van der Waals surface area contributed by atoms with Gasteiger partial charge in [-0.15, -0.1) is 0 Å². The predicted octanol–water partition coefficient (Wildman–Crippen LogP) is 5.39. The van der Waals surface area contributed by atoms with E-state index in [1.165, 1.54) is 6.08 Å². The van der Waals surface area contributed by atoms with Crippen molar-refractivity contribution in [3.63, 3.8) is 0 Å². The third-order valence-electron chi connectivity index (χ3n) is 5.59. The first kappa shape index (κ1) is 28.7. The number of rotatable bonds is 13. The number of hydrogen-bond acceptors (Lipinski definition) is 7. The van der Waals surface area contributed by atoms with Crippen LogP contribution in [-0.4, -0.2) is 55.7 Å². The summed E-state index contributed by atoms with van der Waals surface area (Å²) in [6, 6.07) is 5.51. The van der Waals surface area contributed by atoms with E-state index in [0.29, 0.717) is 55.4 Å². The monoisotopic (exact) mass is 499 g/mol. The van der Waals surface area contributed by atoms with Crippen LogP contribution in [0.5, 0.6) is 5.75 Å². The standard InChI is InChI=1S/C28H37NO7/c1-7-29(8-2)25(30)16-19(5)21-13-14-23(35-15-11-12-26(31)33-9-3)28-22(21)18-24(36-28)20(6)17-27(32)34-10-4/h13-14,16-18H,7-12,15H2,1-6H3/b19-16+,20-17+. The molecule has 0 radical (unpaired) electrons. The smallest absolute Gasteiger partial charge is 0.331 e. The summed E-state index contributed by atoms with van der Waals surface area (Å²) in [5, 5.41) is 0.755. The fraction of sp³-hybridized carbons (Fsp3) is 0.464. The van der Waals surface area contributed by atoms with Gasteiger partial charge in [-0.3, -0.25) is 9.59 Å². The van der Waals surface area contributed by atoms with Gasteiger partial charge in [0.15, 0.2) is 11.3 Å². The third-order valence-corrected chi connectivity index (χ3v) is 5.59. The average molecular weight is 500 g/mol. The Bertz CT molecular complexity index is 1120. The SMILES string of the molecule is CCOC(=O)/C=C(\C)c1cc2c(/C(C)=C/C(=O)N(CC)CC)ccc(OCCCC(=O)OCC)c2o1. The second-order valence-corrected chi connectivity index (χ2v) is 8.14. The van der Waals surface area contributed by atoms with Gasteiger partial charge >= 0.3 is 11.9 Å². The molecule has 8 nitrogen and oxygen atoms in total. The quantitative estimate of drug-likeness (QED) is 0.207. The van der Waals surface area contributed by atoms with Crippen LogP contribution < -0.4 is 4.74 Å². The molecule has 0 aliphatic rings. The van der Waals surface area contributed by atoms with Crippen molar-refractivity contribution < 1.29 is 33.0 Å². The Morgan fingerprint density at radius 2 is 1.64 bits per heavy atom. The number of ether oxygens (including phenoxy) is 3. The van der Waals surface area contributed by atoms with E-state index in [4.69, 9.17) is 18.6 Å². The lowest BCUT2D eigenvalue weighted by molar-refractivity contribution is -0.143. The van der Waals surface area contributed by atoms with Gasteiger partial charge in [-0.25, -0.2) is 4.79 Å². The van der Waals surface area contributed by atoms with E-state index in [2.05, 4.69) is 0 Å². The molecule has 0 fully saturated rings. The number of hydrogen-bond donors (Lipinski definition) is 0. The summed E-state index contributed by atoms with van der Waals surface area (Å²) in [5.74, 6) is 0.222. The Kier molecular flexibility index (Phi) is 11.2. The van der Waals surface area contributed by atoms with Crippen LogP contribution in [0.2, 0.25) is 0 Å². The van der Waals surface area contributed by atoms with Crippen LogP contribution >= 0.6 is 0 Å². The maximum absolute atomic E-state index is 12.7. The van der Waals surface area contributed by atoms with E-state index in [0.717, 1.165) is 16.5 Å². The van der Waals surface area contributed by atoms with E-state index >= 15 is 0 Å². The molecule has 1 aromatic heterocycles. The van der Waals surface area contributed by atoms with Crippen molar-refractivity contribution in [2.75, 3.05) is 32.9 Å². The second-order valence-electron chi connectivity index (χ2n) is 8.14. The zero-order chi connectivity index (χ0) is 26.7. The minimum Gasteiger partial charge on any atom is -0.490 e. The summed E-state index contributed by atoms with van der Waals surface area (Å²) in [6.07, 6.45) is 3.76. The average Bonchev–Trinajstić information content (AvgIpc) is 3.28. The van der Waals surface area contributed by atoms with Crippen molar-refractivity contribution in [3.8, 4) is 5.75 Å². The van der Waals surface area contributed by atoms with Crippen LogP contribution in [0.15, 0.2) is 34.8 Å². The largest absolute Gasteiger partial charge is 0.490 e. The van der Waals surface area contributed by atoms with E-state index < -0.39 is 5.97 Å². The molecule has 0 atom stereocenters. The van der Waals surface area contributed by atoms with Gasteiger partial charge in [0, 0.05) is 37.0 Å². The minimum atomic E-state index is -0.452. The van der Waals surface area contributed by atoms with Crippen LogP contribution in [0.25, 0.3) is 22.1 Å². The van der Waals surface area contributed by atoms with Gasteiger partial charge in [0.1, 0.15) is 5.76 Å². The minimum absolute atomic E-state index is 0.0629. The van der Waals surface area contributed by atoms with Crippen molar-refractivity contribution in [3.05, 3.63) is 41.7 Å². The summed E-state index contributed by atoms with van der Waals surface area (Å²) < 4.78 is 22.0. The second kappa shape index (κ2) is 14.1. The lowest BCUT2D eigenvalue weighted by atomic mass is 10.0. The molecule has 1 heterocycles. The Hall–Kier alpha value is -3.55. The van der Waals surface area contributed by atoms with Crippen LogP contribution in [-0.2, 0) is 23.9 Å². The summed E-state index contributed by atoms with van der Waals surface area (Å²) >= 11 is 0. The molecule has 2 aromatic rings. The summed E-state index contributed by atoms with van der Waals surface area (Å²) in [5.41, 5.74) is 2.71. The fourth-order valence-corrected chi connectivity index (χ4v) is 3.70. The van der Waals surface area contributed by atoms with Crippen LogP contribution in [0, 0.1) is 0 Å². The van der Waals surface area contributed by atoms with E-state index in [9.17, 15) is 14.4 Å². The highest BCUT2D eigenvalue weighted by molar-refractivity contribution is 6.02. The number of amides is 1. The van der Waals surface area contributed by atoms with Gasteiger partial charge in [0.05, 0.1) is 19.8 Å². The molecule has 36 heavy (non-hydrogen) atoms. The Morgan fingerprint density at radius 3 is 2.28 bits per heavy atom. The van der Waals surface area contributed by atoms with Gasteiger partial charge in [0.25, 0.3) is 0 Å². The number of benzene rings is 1.